The van der Waals surface area contributed by atoms with Crippen LogP contribution >= 0.6 is 0 Å². The summed E-state index contributed by atoms with van der Waals surface area (Å²) >= 11 is 0. The minimum Gasteiger partial charge on any atom is -0.488 e. The van der Waals surface area contributed by atoms with E-state index in [1.54, 1.807) is 19.6 Å². The average Bonchev–Trinajstić information content (AvgIpc) is 3.01. The number of pyridine rings is 1. The van der Waals surface area contributed by atoms with Gasteiger partial charge in [0.15, 0.2) is 0 Å². The second-order valence-corrected chi connectivity index (χ2v) is 9.59. The van der Waals surface area contributed by atoms with Crippen LogP contribution in [0.3, 0.4) is 0 Å². The number of aromatic nitrogens is 3. The van der Waals surface area contributed by atoms with Crippen LogP contribution in [-0.4, -0.2) is 41.4 Å². The quantitative estimate of drug-likeness (QED) is 0.200. The normalized spacial score (nSPS) is 14.1. The molecule has 1 aliphatic rings. The molecular weight excluding hydrogens is 502 g/mol. The predicted octanol–water partition coefficient (Wildman–Crippen LogP) is 7.65. The molecule has 0 spiro atoms. The van der Waals surface area contributed by atoms with Crippen LogP contribution in [0, 0.1) is 6.92 Å². The highest BCUT2D eigenvalue weighted by Crippen LogP contribution is 2.38. The molecule has 3 heterocycles. The second kappa shape index (κ2) is 11.6. The zero-order chi connectivity index (χ0) is 27.3. The molecule has 1 fully saturated rings. The molecule has 0 atom stereocenters. The van der Waals surface area contributed by atoms with Crippen molar-refractivity contribution >= 4 is 22.3 Å². The largest absolute Gasteiger partial charge is 0.488 e. The minimum atomic E-state index is 0.0745. The Bertz CT molecular complexity index is 1670. The Balaban J connectivity index is 1.40. The topological polar surface area (TPSA) is 91.1 Å². The summed E-state index contributed by atoms with van der Waals surface area (Å²) in [6, 6.07) is 24.1. The van der Waals surface area contributed by atoms with E-state index in [-0.39, 0.29) is 6.10 Å². The minimum absolute atomic E-state index is 0.0745. The molecule has 8 heteroatoms. The zero-order valence-corrected chi connectivity index (χ0v) is 22.4. The Morgan fingerprint density at radius 1 is 0.800 bits per heavy atom. The average molecular weight is 532 g/mol. The maximum atomic E-state index is 6.46. The van der Waals surface area contributed by atoms with E-state index in [9.17, 15) is 0 Å². The van der Waals surface area contributed by atoms with Crippen LogP contribution in [0.2, 0.25) is 0 Å². The maximum Gasteiger partial charge on any atom is 0.241 e. The molecule has 5 aromatic rings. The fraction of sp³-hybridized carbons (Fsp3) is 0.219. The van der Waals surface area contributed by atoms with Crippen LogP contribution in [0.25, 0.3) is 33.2 Å². The van der Waals surface area contributed by atoms with Gasteiger partial charge in [0.2, 0.25) is 5.88 Å². The number of hydrogen-bond acceptors (Lipinski definition) is 8. The molecule has 0 saturated carbocycles. The molecule has 40 heavy (non-hydrogen) atoms. The van der Waals surface area contributed by atoms with Crippen molar-refractivity contribution in [1.29, 1.82) is 0 Å². The van der Waals surface area contributed by atoms with Crippen molar-refractivity contribution in [1.82, 2.24) is 15.0 Å². The van der Waals surface area contributed by atoms with Gasteiger partial charge in [-0.25, -0.2) is 15.0 Å². The van der Waals surface area contributed by atoms with Gasteiger partial charge in [-0.15, -0.1) is 10.2 Å². The number of aryl methyl sites for hydroxylation is 1. The van der Waals surface area contributed by atoms with E-state index >= 15 is 0 Å². The van der Waals surface area contributed by atoms with Gasteiger partial charge in [-0.1, -0.05) is 48.5 Å². The molecule has 2 aromatic heterocycles. The molecule has 0 aliphatic carbocycles. The Kier molecular flexibility index (Phi) is 7.41. The monoisotopic (exact) mass is 531 g/mol. The molecule has 6 rings (SSSR count). The molecular formula is C32H29N5O3. The van der Waals surface area contributed by atoms with Gasteiger partial charge >= 0.3 is 0 Å². The molecule has 0 bridgehead atoms. The molecule has 0 N–H and O–H groups in total. The van der Waals surface area contributed by atoms with E-state index in [4.69, 9.17) is 14.2 Å². The molecule has 1 saturated heterocycles. The van der Waals surface area contributed by atoms with Crippen molar-refractivity contribution in [3.63, 3.8) is 0 Å². The lowest BCUT2D eigenvalue weighted by atomic mass is 10.0. The van der Waals surface area contributed by atoms with Gasteiger partial charge in [0, 0.05) is 41.2 Å². The zero-order valence-electron chi connectivity index (χ0n) is 22.4. The molecule has 0 unspecified atom stereocenters. The maximum absolute atomic E-state index is 6.46. The van der Waals surface area contributed by atoms with E-state index in [1.165, 1.54) is 0 Å². The summed E-state index contributed by atoms with van der Waals surface area (Å²) in [5, 5.41) is 10.1. The van der Waals surface area contributed by atoms with Crippen LogP contribution in [0.1, 0.15) is 18.5 Å². The third-order valence-electron chi connectivity index (χ3n) is 6.98. The fourth-order valence-electron chi connectivity index (χ4n) is 4.85. The predicted molar refractivity (Wildman–Crippen MR) is 155 cm³/mol. The summed E-state index contributed by atoms with van der Waals surface area (Å²) in [4.78, 5) is 13.5. The van der Waals surface area contributed by atoms with Crippen LogP contribution in [0.15, 0.2) is 95.5 Å². The van der Waals surface area contributed by atoms with Crippen molar-refractivity contribution in [3.8, 4) is 33.9 Å². The summed E-state index contributed by atoms with van der Waals surface area (Å²) in [6.07, 6.45) is 5.11. The van der Waals surface area contributed by atoms with Gasteiger partial charge in [-0.05, 0) is 42.3 Å². The van der Waals surface area contributed by atoms with E-state index in [0.29, 0.717) is 24.8 Å². The van der Waals surface area contributed by atoms with Gasteiger partial charge in [0.1, 0.15) is 29.4 Å². The van der Waals surface area contributed by atoms with Gasteiger partial charge in [0.25, 0.3) is 0 Å². The molecule has 0 radical (unpaired) electrons. The van der Waals surface area contributed by atoms with Gasteiger partial charge < -0.3 is 14.2 Å². The molecule has 200 valence electrons. The summed E-state index contributed by atoms with van der Waals surface area (Å²) in [7, 11) is 1.58. The Morgan fingerprint density at radius 3 is 2.40 bits per heavy atom. The van der Waals surface area contributed by atoms with Crippen LogP contribution in [0.5, 0.6) is 11.6 Å². The van der Waals surface area contributed by atoms with Gasteiger partial charge in [-0.2, -0.15) is 0 Å². The van der Waals surface area contributed by atoms with Crippen molar-refractivity contribution in [3.05, 3.63) is 91.0 Å². The smallest absolute Gasteiger partial charge is 0.241 e. The van der Waals surface area contributed by atoms with E-state index in [2.05, 4.69) is 43.4 Å². The number of azo groups is 1. The van der Waals surface area contributed by atoms with E-state index < -0.39 is 0 Å². The summed E-state index contributed by atoms with van der Waals surface area (Å²) in [5.41, 5.74) is 6.79. The Labute approximate surface area is 232 Å². The number of fused-ring (bicyclic) bond motifs is 1. The first-order valence-corrected chi connectivity index (χ1v) is 13.3. The summed E-state index contributed by atoms with van der Waals surface area (Å²) in [6.45, 7) is 3.36. The van der Waals surface area contributed by atoms with Gasteiger partial charge in [0.05, 0.1) is 26.0 Å². The summed E-state index contributed by atoms with van der Waals surface area (Å²) < 4.78 is 17.5. The highest BCUT2D eigenvalue weighted by atomic mass is 16.5. The highest BCUT2D eigenvalue weighted by Gasteiger charge is 2.19. The fourth-order valence-corrected chi connectivity index (χ4v) is 4.85. The number of methoxy groups -OCH3 is 1. The Morgan fingerprint density at radius 2 is 1.57 bits per heavy atom. The van der Waals surface area contributed by atoms with E-state index in [0.717, 1.165) is 63.1 Å². The van der Waals surface area contributed by atoms with Crippen molar-refractivity contribution in [2.45, 2.75) is 25.9 Å². The number of nitrogens with zero attached hydrogens (tertiary/aromatic N) is 5. The molecule has 1 aliphatic heterocycles. The summed E-state index contributed by atoms with van der Waals surface area (Å²) in [5.74, 6) is 1.12. The lowest BCUT2D eigenvalue weighted by molar-refractivity contribution is 0.0261. The Hall–Kier alpha value is -4.69. The molecule has 0 amide bonds. The van der Waals surface area contributed by atoms with E-state index in [1.807, 2.05) is 61.5 Å². The van der Waals surface area contributed by atoms with Crippen LogP contribution in [-0.2, 0) is 4.74 Å². The van der Waals surface area contributed by atoms with Crippen molar-refractivity contribution in [2.75, 3.05) is 20.3 Å². The first-order valence-electron chi connectivity index (χ1n) is 13.3. The van der Waals surface area contributed by atoms with Crippen molar-refractivity contribution < 1.29 is 14.2 Å². The van der Waals surface area contributed by atoms with Crippen molar-refractivity contribution in [2.24, 2.45) is 10.2 Å². The second-order valence-electron chi connectivity index (χ2n) is 9.59. The van der Waals surface area contributed by atoms with Gasteiger partial charge in [-0.3, -0.25) is 0 Å². The lowest BCUT2D eigenvalue weighted by Gasteiger charge is -2.24. The third-order valence-corrected chi connectivity index (χ3v) is 6.98. The first-order chi connectivity index (χ1) is 19.7. The number of hydrogen-bond donors (Lipinski definition) is 0. The molecule has 3 aromatic carbocycles. The molecule has 8 nitrogen and oxygen atoms in total. The number of ether oxygens (including phenoxy) is 3. The van der Waals surface area contributed by atoms with Crippen LogP contribution in [0.4, 0.5) is 11.4 Å². The van der Waals surface area contributed by atoms with Crippen LogP contribution < -0.4 is 9.47 Å². The highest BCUT2D eigenvalue weighted by molar-refractivity contribution is 5.91. The number of rotatable bonds is 7. The third kappa shape index (κ3) is 5.39. The SMILES string of the molecule is COc1ncc(-c2cc(OC3CCOCC3)c3ncnc(C)c3c2)cc1N=Nc1ccccc1-c1ccccc1. The lowest BCUT2D eigenvalue weighted by Crippen LogP contribution is -2.26. The first kappa shape index (κ1) is 25.6. The standard InChI is InChI=1S/C32H29N5O3/c1-21-27-16-23(18-30(31(27)35-20-34-21)40-25-12-14-39-15-13-25)24-17-29(32(38-2)33-19-24)37-36-28-11-7-6-10-26(28)22-8-4-3-5-9-22/h3-11,16-20,25H,12-15H2,1-2H3. The number of benzene rings is 3.